The fourth-order valence-electron chi connectivity index (χ4n) is 1.73. The molecule has 7 heteroatoms. The highest BCUT2D eigenvalue weighted by atomic mass is 35.5. The zero-order chi connectivity index (χ0) is 15.4. The van der Waals surface area contributed by atoms with E-state index in [1.807, 2.05) is 0 Å². The first-order valence-electron chi connectivity index (χ1n) is 5.95. The third-order valence-corrected chi connectivity index (χ3v) is 3.09. The van der Waals surface area contributed by atoms with Gasteiger partial charge in [-0.3, -0.25) is 14.9 Å². The van der Waals surface area contributed by atoms with E-state index in [1.54, 1.807) is 24.3 Å². The number of carbonyl (C=O) groups is 1. The van der Waals surface area contributed by atoms with Crippen LogP contribution in [0.3, 0.4) is 0 Å². The molecule has 0 fully saturated rings. The predicted molar refractivity (Wildman–Crippen MR) is 78.7 cm³/mol. The lowest BCUT2D eigenvalue weighted by atomic mass is 10.1. The average molecular weight is 307 g/mol. The number of hydrogen-bond donors (Lipinski definition) is 2. The van der Waals surface area contributed by atoms with Gasteiger partial charge in [-0.1, -0.05) is 12.1 Å². The molecule has 2 rings (SSSR count). The number of anilines is 1. The Bertz CT molecular complexity index is 703. The minimum atomic E-state index is -0.630. The van der Waals surface area contributed by atoms with Crippen LogP contribution in [0.2, 0.25) is 0 Å². The van der Waals surface area contributed by atoms with E-state index in [-0.39, 0.29) is 23.0 Å². The summed E-state index contributed by atoms with van der Waals surface area (Å²) in [5.74, 6) is -0.527. The number of phenols is 1. The van der Waals surface area contributed by atoms with E-state index in [1.165, 1.54) is 12.1 Å². The van der Waals surface area contributed by atoms with E-state index in [0.717, 1.165) is 11.6 Å². The van der Waals surface area contributed by atoms with Crippen LogP contribution in [0.5, 0.6) is 5.75 Å². The first-order valence-corrected chi connectivity index (χ1v) is 6.48. The standard InChI is InChI=1S/C14H11ClN2O4/c15-8-9-2-1-3-10(6-9)14(19)16-12-5-4-11(17(20)21)7-13(12)18/h1-7,18H,8H2,(H,16,19). The number of nitrogens with zero attached hydrogens (tertiary/aromatic N) is 1. The first-order chi connectivity index (χ1) is 10.0. The molecule has 0 atom stereocenters. The number of rotatable bonds is 4. The Hall–Kier alpha value is -2.60. The number of nitro groups is 1. The van der Waals surface area contributed by atoms with Crippen LogP contribution in [0.25, 0.3) is 0 Å². The average Bonchev–Trinajstić information content (AvgIpc) is 2.49. The Morgan fingerprint density at radius 3 is 2.67 bits per heavy atom. The highest BCUT2D eigenvalue weighted by Gasteiger charge is 2.13. The summed E-state index contributed by atoms with van der Waals surface area (Å²) in [6.07, 6.45) is 0. The van der Waals surface area contributed by atoms with Crippen LogP contribution in [0.1, 0.15) is 15.9 Å². The quantitative estimate of drug-likeness (QED) is 0.392. The molecule has 0 saturated heterocycles. The van der Waals surface area contributed by atoms with Crippen molar-refractivity contribution in [2.45, 2.75) is 5.88 Å². The molecular formula is C14H11ClN2O4. The summed E-state index contributed by atoms with van der Waals surface area (Å²) in [6, 6.07) is 10.2. The van der Waals surface area contributed by atoms with Crippen LogP contribution in [0, 0.1) is 10.1 Å². The van der Waals surface area contributed by atoms with Gasteiger partial charge in [-0.05, 0) is 23.8 Å². The van der Waals surface area contributed by atoms with Crippen molar-refractivity contribution < 1.29 is 14.8 Å². The van der Waals surface area contributed by atoms with Crippen LogP contribution in [0.15, 0.2) is 42.5 Å². The second-order valence-electron chi connectivity index (χ2n) is 4.25. The summed E-state index contributed by atoms with van der Waals surface area (Å²) >= 11 is 5.70. The fourth-order valence-corrected chi connectivity index (χ4v) is 1.90. The largest absolute Gasteiger partial charge is 0.506 e. The minimum Gasteiger partial charge on any atom is -0.506 e. The van der Waals surface area contributed by atoms with Crippen molar-refractivity contribution in [3.8, 4) is 5.75 Å². The Morgan fingerprint density at radius 2 is 2.05 bits per heavy atom. The number of phenolic OH excluding ortho intramolecular Hbond substituents is 1. The maximum Gasteiger partial charge on any atom is 0.273 e. The number of nitrogens with one attached hydrogen (secondary N) is 1. The molecule has 0 aliphatic heterocycles. The van der Waals surface area contributed by atoms with Gasteiger partial charge in [0.25, 0.3) is 11.6 Å². The maximum absolute atomic E-state index is 12.1. The molecule has 2 aromatic rings. The molecule has 21 heavy (non-hydrogen) atoms. The SMILES string of the molecule is O=C(Nc1ccc([N+](=O)[O-])cc1O)c1cccc(CCl)c1. The second-order valence-corrected chi connectivity index (χ2v) is 4.51. The third kappa shape index (κ3) is 3.49. The van der Waals surface area contributed by atoms with Gasteiger partial charge in [0.2, 0.25) is 0 Å². The number of nitro benzene ring substituents is 1. The molecule has 6 nitrogen and oxygen atoms in total. The normalized spacial score (nSPS) is 10.1. The van der Waals surface area contributed by atoms with E-state index in [2.05, 4.69) is 5.32 Å². The molecule has 108 valence electrons. The molecular weight excluding hydrogens is 296 g/mol. The highest BCUT2D eigenvalue weighted by molar-refractivity contribution is 6.17. The monoisotopic (exact) mass is 306 g/mol. The molecule has 0 heterocycles. The second kappa shape index (κ2) is 6.23. The zero-order valence-electron chi connectivity index (χ0n) is 10.7. The van der Waals surface area contributed by atoms with Gasteiger partial charge in [-0.25, -0.2) is 0 Å². The zero-order valence-corrected chi connectivity index (χ0v) is 11.5. The predicted octanol–water partition coefficient (Wildman–Crippen LogP) is 3.29. The summed E-state index contributed by atoms with van der Waals surface area (Å²) in [4.78, 5) is 22.0. The molecule has 2 aromatic carbocycles. The number of hydrogen-bond acceptors (Lipinski definition) is 4. The van der Waals surface area contributed by atoms with Crippen LogP contribution >= 0.6 is 11.6 Å². The van der Waals surface area contributed by atoms with Crippen molar-refractivity contribution in [1.82, 2.24) is 0 Å². The van der Waals surface area contributed by atoms with Crippen LogP contribution in [0.4, 0.5) is 11.4 Å². The van der Waals surface area contributed by atoms with Crippen molar-refractivity contribution in [2.24, 2.45) is 0 Å². The summed E-state index contributed by atoms with van der Waals surface area (Å²) in [5.41, 5.74) is 1.01. The summed E-state index contributed by atoms with van der Waals surface area (Å²) in [6.45, 7) is 0. The van der Waals surface area contributed by atoms with E-state index < -0.39 is 10.8 Å². The number of aromatic hydroxyl groups is 1. The fraction of sp³-hybridized carbons (Fsp3) is 0.0714. The van der Waals surface area contributed by atoms with Crippen molar-refractivity contribution in [2.75, 3.05) is 5.32 Å². The Morgan fingerprint density at radius 1 is 1.29 bits per heavy atom. The van der Waals surface area contributed by atoms with Gasteiger partial charge >= 0.3 is 0 Å². The lowest BCUT2D eigenvalue weighted by Gasteiger charge is -2.08. The van der Waals surface area contributed by atoms with Gasteiger partial charge in [0.15, 0.2) is 0 Å². The number of halogens is 1. The van der Waals surface area contributed by atoms with Gasteiger partial charge in [0, 0.05) is 17.5 Å². The molecule has 0 aliphatic rings. The summed E-state index contributed by atoms with van der Waals surface area (Å²) in [5, 5.41) is 22.8. The molecule has 0 unspecified atom stereocenters. The van der Waals surface area contributed by atoms with Gasteiger partial charge < -0.3 is 10.4 Å². The Labute approximate surface area is 125 Å². The topological polar surface area (TPSA) is 92.5 Å². The Balaban J connectivity index is 2.21. The van der Waals surface area contributed by atoms with Crippen molar-refractivity contribution >= 4 is 28.9 Å². The molecule has 0 aromatic heterocycles. The van der Waals surface area contributed by atoms with Crippen LogP contribution in [-0.4, -0.2) is 15.9 Å². The van der Waals surface area contributed by atoms with Crippen molar-refractivity contribution in [3.63, 3.8) is 0 Å². The molecule has 0 aliphatic carbocycles. The Kier molecular flexibility index (Phi) is 4.39. The van der Waals surface area contributed by atoms with E-state index in [0.29, 0.717) is 5.56 Å². The number of amides is 1. The number of alkyl halides is 1. The highest BCUT2D eigenvalue weighted by Crippen LogP contribution is 2.28. The van der Waals surface area contributed by atoms with Crippen LogP contribution < -0.4 is 5.32 Å². The lowest BCUT2D eigenvalue weighted by Crippen LogP contribution is -2.12. The van der Waals surface area contributed by atoms with Gasteiger partial charge in [0.05, 0.1) is 16.7 Å². The number of benzene rings is 2. The van der Waals surface area contributed by atoms with Crippen molar-refractivity contribution in [3.05, 3.63) is 63.7 Å². The lowest BCUT2D eigenvalue weighted by molar-refractivity contribution is -0.384. The molecule has 2 N–H and O–H groups in total. The van der Waals surface area contributed by atoms with E-state index >= 15 is 0 Å². The molecule has 1 amide bonds. The number of non-ortho nitro benzene ring substituents is 1. The molecule has 0 saturated carbocycles. The number of carbonyl (C=O) groups excluding carboxylic acids is 1. The smallest absolute Gasteiger partial charge is 0.273 e. The van der Waals surface area contributed by atoms with E-state index in [9.17, 15) is 20.0 Å². The third-order valence-electron chi connectivity index (χ3n) is 2.78. The van der Waals surface area contributed by atoms with Gasteiger partial charge in [-0.15, -0.1) is 11.6 Å². The van der Waals surface area contributed by atoms with E-state index in [4.69, 9.17) is 11.6 Å². The molecule has 0 bridgehead atoms. The maximum atomic E-state index is 12.1. The van der Waals surface area contributed by atoms with Gasteiger partial charge in [-0.2, -0.15) is 0 Å². The van der Waals surface area contributed by atoms with Crippen LogP contribution in [-0.2, 0) is 5.88 Å². The van der Waals surface area contributed by atoms with Crippen molar-refractivity contribution in [1.29, 1.82) is 0 Å². The summed E-state index contributed by atoms with van der Waals surface area (Å²) in [7, 11) is 0. The first kappa shape index (κ1) is 14.8. The summed E-state index contributed by atoms with van der Waals surface area (Å²) < 4.78 is 0. The minimum absolute atomic E-state index is 0.0990. The molecule has 0 radical (unpaired) electrons. The molecule has 0 spiro atoms. The van der Waals surface area contributed by atoms with Gasteiger partial charge in [0.1, 0.15) is 5.75 Å².